The van der Waals surface area contributed by atoms with Crippen molar-refractivity contribution in [3.05, 3.63) is 76.7 Å². The number of thioether (sulfide) groups is 1. The molecule has 1 aromatic heterocycles. The number of rotatable bonds is 6. The van der Waals surface area contributed by atoms with Crippen molar-refractivity contribution in [3.63, 3.8) is 0 Å². The highest BCUT2D eigenvalue weighted by molar-refractivity contribution is 8.18. The van der Waals surface area contributed by atoms with Gasteiger partial charge in [0.15, 0.2) is 17.2 Å². The smallest absolute Gasteiger partial charge is 0.293 e. The van der Waals surface area contributed by atoms with E-state index in [0.717, 1.165) is 16.7 Å². The second-order valence-corrected chi connectivity index (χ2v) is 8.32. The minimum atomic E-state index is -0.455. The van der Waals surface area contributed by atoms with Crippen LogP contribution in [0.1, 0.15) is 16.1 Å². The maximum Gasteiger partial charge on any atom is 0.293 e. The minimum absolute atomic E-state index is 0.0214. The molecule has 1 saturated heterocycles. The number of hydrogen-bond donors (Lipinski definition) is 1. The van der Waals surface area contributed by atoms with Gasteiger partial charge in [0.1, 0.15) is 5.82 Å². The maximum absolute atomic E-state index is 13.1. The summed E-state index contributed by atoms with van der Waals surface area (Å²) >= 11 is 0.838. The summed E-state index contributed by atoms with van der Waals surface area (Å²) in [6.45, 7) is 0.235. The Balaban J connectivity index is 1.18. The number of aromatic nitrogens is 2. The Morgan fingerprint density at radius 1 is 1.12 bits per heavy atom. The van der Waals surface area contributed by atoms with Crippen molar-refractivity contribution in [1.82, 2.24) is 20.0 Å². The van der Waals surface area contributed by atoms with Gasteiger partial charge in [0.25, 0.3) is 17.1 Å². The molecule has 9 nitrogen and oxygen atoms in total. The van der Waals surface area contributed by atoms with E-state index in [-0.39, 0.29) is 36.3 Å². The third kappa shape index (κ3) is 4.37. The highest BCUT2D eigenvalue weighted by Gasteiger charge is 2.34. The normalized spacial score (nSPS) is 15.9. The summed E-state index contributed by atoms with van der Waals surface area (Å²) in [5.74, 6) is -0.0424. The van der Waals surface area contributed by atoms with Gasteiger partial charge in [0, 0.05) is 19.3 Å². The van der Waals surface area contributed by atoms with E-state index in [4.69, 9.17) is 9.47 Å². The van der Waals surface area contributed by atoms with Crippen molar-refractivity contribution < 1.29 is 28.2 Å². The van der Waals surface area contributed by atoms with Crippen LogP contribution < -0.4 is 14.8 Å². The lowest BCUT2D eigenvalue weighted by Crippen LogP contribution is -2.37. The lowest BCUT2D eigenvalue weighted by Gasteiger charge is -2.12. The molecule has 1 N–H and O–H groups in total. The van der Waals surface area contributed by atoms with E-state index in [1.165, 1.54) is 22.9 Å². The van der Waals surface area contributed by atoms with Crippen molar-refractivity contribution in [1.29, 1.82) is 0 Å². The van der Waals surface area contributed by atoms with Gasteiger partial charge in [-0.05, 0) is 65.9 Å². The molecule has 2 aromatic carbocycles. The number of ether oxygens (including phenoxy) is 2. The van der Waals surface area contributed by atoms with E-state index >= 15 is 0 Å². The van der Waals surface area contributed by atoms with E-state index in [1.807, 2.05) is 0 Å². The largest absolute Gasteiger partial charge is 0.454 e. The van der Waals surface area contributed by atoms with Gasteiger partial charge in [-0.2, -0.15) is 5.10 Å². The van der Waals surface area contributed by atoms with E-state index in [0.29, 0.717) is 22.7 Å². The van der Waals surface area contributed by atoms with Gasteiger partial charge in [0.05, 0.1) is 10.6 Å². The summed E-state index contributed by atoms with van der Waals surface area (Å²) in [5, 5.41) is 6.42. The lowest BCUT2D eigenvalue weighted by atomic mass is 10.2. The molecule has 3 heterocycles. The van der Waals surface area contributed by atoms with Crippen LogP contribution in [0, 0.1) is 5.82 Å². The molecule has 2 aliphatic heterocycles. The number of fused-ring (bicyclic) bond motifs is 1. The third-order valence-corrected chi connectivity index (χ3v) is 6.01. The van der Waals surface area contributed by atoms with Gasteiger partial charge in [-0.1, -0.05) is 6.07 Å². The van der Waals surface area contributed by atoms with E-state index in [9.17, 15) is 18.8 Å². The number of halogens is 1. The second-order valence-electron chi connectivity index (χ2n) is 7.32. The minimum Gasteiger partial charge on any atom is -0.454 e. The molecule has 0 unspecified atom stereocenters. The zero-order valence-corrected chi connectivity index (χ0v) is 18.4. The van der Waals surface area contributed by atoms with Crippen molar-refractivity contribution in [2.75, 3.05) is 19.9 Å². The highest BCUT2D eigenvalue weighted by atomic mass is 32.2. The van der Waals surface area contributed by atoms with Gasteiger partial charge in [-0.3, -0.25) is 19.3 Å². The number of hydrogen-bond acceptors (Lipinski definition) is 7. The van der Waals surface area contributed by atoms with Crippen molar-refractivity contribution in [3.8, 4) is 17.2 Å². The highest BCUT2D eigenvalue weighted by Crippen LogP contribution is 2.36. The fourth-order valence-corrected chi connectivity index (χ4v) is 4.27. The summed E-state index contributed by atoms with van der Waals surface area (Å²) in [6, 6.07) is 12.5. The maximum atomic E-state index is 13.1. The predicted molar refractivity (Wildman–Crippen MR) is 121 cm³/mol. The Kier molecular flexibility index (Phi) is 5.76. The average molecular weight is 480 g/mol. The quantitative estimate of drug-likeness (QED) is 0.541. The predicted octanol–water partition coefficient (Wildman–Crippen LogP) is 3.21. The van der Waals surface area contributed by atoms with Gasteiger partial charge in [-0.15, -0.1) is 0 Å². The molecule has 172 valence electrons. The number of carbonyl (C=O) groups excluding carboxylic acids is 3. The summed E-state index contributed by atoms with van der Waals surface area (Å²) in [4.78, 5) is 38.8. The van der Waals surface area contributed by atoms with Crippen LogP contribution in [0.2, 0.25) is 0 Å². The van der Waals surface area contributed by atoms with Crippen molar-refractivity contribution >= 4 is 34.9 Å². The van der Waals surface area contributed by atoms with E-state index < -0.39 is 17.1 Å². The molecular formula is C23H17FN4O5S. The number of nitrogens with one attached hydrogen (secondary N) is 1. The molecule has 3 aromatic rings. The zero-order valence-electron chi connectivity index (χ0n) is 17.6. The molecule has 0 saturated carbocycles. The summed E-state index contributed by atoms with van der Waals surface area (Å²) in [6.07, 6.45) is 3.20. The molecule has 2 aliphatic rings. The summed E-state index contributed by atoms with van der Waals surface area (Å²) < 4.78 is 25.1. The first kappa shape index (κ1) is 21.7. The van der Waals surface area contributed by atoms with Crippen molar-refractivity contribution in [2.24, 2.45) is 0 Å². The zero-order chi connectivity index (χ0) is 23.7. The first-order valence-electron chi connectivity index (χ1n) is 10.2. The third-order valence-electron chi connectivity index (χ3n) is 5.10. The van der Waals surface area contributed by atoms with Crippen LogP contribution in [-0.2, 0) is 4.79 Å². The van der Waals surface area contributed by atoms with E-state index in [2.05, 4.69) is 10.4 Å². The SMILES string of the molecule is O=C(NCCN1C(=O)S/C(=C\c2ccc3c(c2)OCO3)C1=O)c1ccn(-c2ccc(F)cc2)n1. The molecule has 3 amide bonds. The average Bonchev–Trinajstić information content (AvgIpc) is 3.55. The van der Waals surface area contributed by atoms with Crippen LogP contribution in [0.4, 0.5) is 9.18 Å². The molecule has 1 fully saturated rings. The Hall–Kier alpha value is -4.12. The first-order valence-corrected chi connectivity index (χ1v) is 11.0. The molecule has 0 aliphatic carbocycles. The molecular weight excluding hydrogens is 463 g/mol. The van der Waals surface area contributed by atoms with Crippen LogP contribution in [0.25, 0.3) is 11.8 Å². The van der Waals surface area contributed by atoms with Gasteiger partial charge >= 0.3 is 0 Å². The summed E-state index contributed by atoms with van der Waals surface area (Å²) in [5.41, 5.74) is 1.47. The standard InChI is InChI=1S/C23H17FN4O5S/c24-15-2-4-16(5-3-15)28-9-7-17(26-28)21(29)25-8-10-27-22(30)20(34-23(27)31)12-14-1-6-18-19(11-14)33-13-32-18/h1-7,9,11-12H,8,10,13H2,(H,25,29)/b20-12-. The monoisotopic (exact) mass is 480 g/mol. The first-order chi connectivity index (χ1) is 16.5. The van der Waals surface area contributed by atoms with Gasteiger partial charge in [-0.25, -0.2) is 9.07 Å². The van der Waals surface area contributed by atoms with Crippen molar-refractivity contribution in [2.45, 2.75) is 0 Å². The number of nitrogens with zero attached hydrogens (tertiary/aromatic N) is 3. The Morgan fingerprint density at radius 3 is 2.74 bits per heavy atom. The molecule has 0 radical (unpaired) electrons. The molecule has 0 bridgehead atoms. The fraction of sp³-hybridized carbons (Fsp3) is 0.130. The fourth-order valence-electron chi connectivity index (χ4n) is 3.40. The van der Waals surface area contributed by atoms with Crippen LogP contribution in [0.3, 0.4) is 0 Å². The Morgan fingerprint density at radius 2 is 1.91 bits per heavy atom. The molecule has 0 atom stereocenters. The number of benzene rings is 2. The lowest BCUT2D eigenvalue weighted by molar-refractivity contribution is -0.122. The number of imide groups is 1. The molecule has 0 spiro atoms. The Bertz CT molecular complexity index is 1320. The molecule has 5 rings (SSSR count). The topological polar surface area (TPSA) is 103 Å². The Labute approximate surface area is 197 Å². The second kappa shape index (κ2) is 9.02. The molecule has 11 heteroatoms. The van der Waals surface area contributed by atoms with E-state index in [1.54, 1.807) is 42.6 Å². The van der Waals surface area contributed by atoms with Crippen LogP contribution in [0.15, 0.2) is 59.6 Å². The van der Waals surface area contributed by atoms with Gasteiger partial charge in [0.2, 0.25) is 6.79 Å². The number of carbonyl (C=O) groups is 3. The number of amides is 3. The van der Waals surface area contributed by atoms with Crippen LogP contribution >= 0.6 is 11.8 Å². The molecule has 34 heavy (non-hydrogen) atoms. The summed E-state index contributed by atoms with van der Waals surface area (Å²) in [7, 11) is 0. The van der Waals surface area contributed by atoms with Crippen LogP contribution in [-0.4, -0.2) is 51.6 Å². The van der Waals surface area contributed by atoms with Crippen LogP contribution in [0.5, 0.6) is 11.5 Å². The van der Waals surface area contributed by atoms with Gasteiger partial charge < -0.3 is 14.8 Å².